The topological polar surface area (TPSA) is 87.7 Å². The first-order chi connectivity index (χ1) is 18.4. The third-order valence-corrected chi connectivity index (χ3v) is 6.97. The summed E-state index contributed by atoms with van der Waals surface area (Å²) in [7, 11) is 0. The fraction of sp³-hybridized carbons (Fsp3) is 0.719. The smallest absolute Gasteiger partial charge is 0.408 e. The standard InChI is InChI=1S/C32H55N3O4/c1-9-12-13-14-15-19-23-35(30(37)27(24(4)11-3)34-31(38)39-32(6,7)8)28(26-21-17-16-18-22-26)29(36)33-25(5)20-10-2/h16-18,21-22,24-25,27-28H,9-15,19-20,23H2,1-8H3,(H,33,36)(H,34,38). The van der Waals surface area contributed by atoms with E-state index < -0.39 is 23.8 Å². The van der Waals surface area contributed by atoms with Gasteiger partial charge in [0.2, 0.25) is 11.8 Å². The molecule has 0 aromatic heterocycles. The summed E-state index contributed by atoms with van der Waals surface area (Å²) in [4.78, 5) is 42.6. The first-order valence-electron chi connectivity index (χ1n) is 15.1. The van der Waals surface area contributed by atoms with Crippen molar-refractivity contribution in [3.8, 4) is 0 Å². The first-order valence-corrected chi connectivity index (χ1v) is 15.1. The van der Waals surface area contributed by atoms with Gasteiger partial charge in [-0.15, -0.1) is 0 Å². The van der Waals surface area contributed by atoms with Gasteiger partial charge in [0.25, 0.3) is 0 Å². The van der Waals surface area contributed by atoms with Crippen molar-refractivity contribution in [2.45, 2.75) is 137 Å². The summed E-state index contributed by atoms with van der Waals surface area (Å²) in [6, 6.07) is 7.88. The molecule has 0 saturated heterocycles. The van der Waals surface area contributed by atoms with E-state index in [0.717, 1.165) is 44.1 Å². The summed E-state index contributed by atoms with van der Waals surface area (Å²) in [6.45, 7) is 16.0. The average Bonchev–Trinajstić information content (AvgIpc) is 2.87. The molecule has 0 spiro atoms. The highest BCUT2D eigenvalue weighted by atomic mass is 16.6. The van der Waals surface area contributed by atoms with Crippen LogP contribution in [0.1, 0.15) is 125 Å². The molecule has 3 amide bonds. The third-order valence-electron chi connectivity index (χ3n) is 6.97. The number of carbonyl (C=O) groups is 3. The predicted molar refractivity (Wildman–Crippen MR) is 159 cm³/mol. The first kappa shape index (κ1) is 34.5. The molecule has 2 N–H and O–H groups in total. The van der Waals surface area contributed by atoms with E-state index in [1.54, 1.807) is 25.7 Å². The molecule has 0 bridgehead atoms. The summed E-state index contributed by atoms with van der Waals surface area (Å²) < 4.78 is 5.50. The fourth-order valence-corrected chi connectivity index (χ4v) is 4.66. The Labute approximate surface area is 237 Å². The maximum Gasteiger partial charge on any atom is 0.408 e. The number of amides is 3. The van der Waals surface area contributed by atoms with Gasteiger partial charge >= 0.3 is 6.09 Å². The van der Waals surface area contributed by atoms with Gasteiger partial charge in [0, 0.05) is 12.6 Å². The molecular weight excluding hydrogens is 490 g/mol. The molecule has 0 aliphatic heterocycles. The number of unbranched alkanes of at least 4 members (excludes halogenated alkanes) is 5. The number of benzene rings is 1. The molecule has 222 valence electrons. The Morgan fingerprint density at radius 1 is 0.872 bits per heavy atom. The van der Waals surface area contributed by atoms with E-state index in [0.29, 0.717) is 13.0 Å². The summed E-state index contributed by atoms with van der Waals surface area (Å²) in [6.07, 6.45) is 8.26. The molecule has 0 heterocycles. The molecule has 1 rings (SSSR count). The number of hydrogen-bond acceptors (Lipinski definition) is 4. The summed E-state index contributed by atoms with van der Waals surface area (Å²) in [5, 5.41) is 5.99. The lowest BCUT2D eigenvalue weighted by Gasteiger charge is -2.36. The molecule has 39 heavy (non-hydrogen) atoms. The number of carbonyl (C=O) groups excluding carboxylic acids is 3. The minimum absolute atomic E-state index is 0.00930. The number of rotatable bonds is 17. The molecule has 7 nitrogen and oxygen atoms in total. The van der Waals surface area contributed by atoms with Crippen molar-refractivity contribution in [2.75, 3.05) is 6.54 Å². The van der Waals surface area contributed by atoms with Gasteiger partial charge in [0.1, 0.15) is 17.7 Å². The van der Waals surface area contributed by atoms with Crippen LogP contribution in [0.4, 0.5) is 4.79 Å². The Bertz CT molecular complexity index is 853. The number of nitrogens with one attached hydrogen (secondary N) is 2. The quantitative estimate of drug-likeness (QED) is 0.203. The second kappa shape index (κ2) is 17.9. The van der Waals surface area contributed by atoms with Gasteiger partial charge in [-0.25, -0.2) is 4.79 Å². The van der Waals surface area contributed by atoms with Gasteiger partial charge in [-0.2, -0.15) is 0 Å². The van der Waals surface area contributed by atoms with Gasteiger partial charge in [0.15, 0.2) is 0 Å². The zero-order valence-corrected chi connectivity index (χ0v) is 25.8. The maximum absolute atomic E-state index is 14.3. The maximum atomic E-state index is 14.3. The average molecular weight is 546 g/mol. The molecule has 4 atom stereocenters. The highest BCUT2D eigenvalue weighted by Gasteiger charge is 2.38. The normalized spacial score (nSPS) is 14.6. The predicted octanol–water partition coefficient (Wildman–Crippen LogP) is 7.16. The van der Waals surface area contributed by atoms with Gasteiger partial charge in [-0.1, -0.05) is 103 Å². The third kappa shape index (κ3) is 12.9. The largest absolute Gasteiger partial charge is 0.444 e. The van der Waals surface area contributed by atoms with Crippen molar-refractivity contribution in [1.82, 2.24) is 15.5 Å². The van der Waals surface area contributed by atoms with Crippen LogP contribution in [0.2, 0.25) is 0 Å². The lowest BCUT2D eigenvalue weighted by Crippen LogP contribution is -2.55. The van der Waals surface area contributed by atoms with E-state index in [4.69, 9.17) is 4.74 Å². The second-order valence-electron chi connectivity index (χ2n) is 11.8. The van der Waals surface area contributed by atoms with Gasteiger partial charge in [0.05, 0.1) is 0 Å². The Balaban J connectivity index is 3.41. The van der Waals surface area contributed by atoms with Crippen LogP contribution in [0.5, 0.6) is 0 Å². The van der Waals surface area contributed by atoms with Gasteiger partial charge in [-0.3, -0.25) is 9.59 Å². The van der Waals surface area contributed by atoms with Crippen molar-refractivity contribution in [3.63, 3.8) is 0 Å². The molecule has 1 aromatic rings. The Kier molecular flexibility index (Phi) is 15.8. The van der Waals surface area contributed by atoms with Gasteiger partial charge < -0.3 is 20.3 Å². The van der Waals surface area contributed by atoms with Crippen LogP contribution in [0.25, 0.3) is 0 Å². The van der Waals surface area contributed by atoms with Crippen LogP contribution in [-0.2, 0) is 14.3 Å². The number of nitrogens with zero attached hydrogens (tertiary/aromatic N) is 1. The van der Waals surface area contributed by atoms with E-state index in [1.807, 2.05) is 51.1 Å². The van der Waals surface area contributed by atoms with Crippen molar-refractivity contribution in [1.29, 1.82) is 0 Å². The number of ether oxygens (including phenoxy) is 1. The Morgan fingerprint density at radius 3 is 2.05 bits per heavy atom. The molecule has 1 aromatic carbocycles. The Hall–Kier alpha value is -2.57. The number of hydrogen-bond donors (Lipinski definition) is 2. The zero-order chi connectivity index (χ0) is 29.4. The number of alkyl carbamates (subject to hydrolysis) is 1. The van der Waals surface area contributed by atoms with Crippen LogP contribution in [-0.4, -0.2) is 47.0 Å². The summed E-state index contributed by atoms with van der Waals surface area (Å²) >= 11 is 0. The van der Waals surface area contributed by atoms with E-state index >= 15 is 0 Å². The van der Waals surface area contributed by atoms with E-state index in [2.05, 4.69) is 24.5 Å². The van der Waals surface area contributed by atoms with E-state index in [-0.39, 0.29) is 23.8 Å². The fourth-order valence-electron chi connectivity index (χ4n) is 4.66. The molecule has 0 radical (unpaired) electrons. The summed E-state index contributed by atoms with van der Waals surface area (Å²) in [5.74, 6) is -0.590. The summed E-state index contributed by atoms with van der Waals surface area (Å²) in [5.41, 5.74) is 0.0749. The van der Waals surface area contributed by atoms with Crippen molar-refractivity contribution in [2.24, 2.45) is 5.92 Å². The minimum atomic E-state index is -0.808. The highest BCUT2D eigenvalue weighted by Crippen LogP contribution is 2.26. The Morgan fingerprint density at radius 2 is 1.49 bits per heavy atom. The molecule has 7 heteroatoms. The molecule has 0 aliphatic rings. The molecular formula is C32H55N3O4. The van der Waals surface area contributed by atoms with Crippen LogP contribution < -0.4 is 10.6 Å². The second-order valence-corrected chi connectivity index (χ2v) is 11.8. The van der Waals surface area contributed by atoms with Crippen molar-refractivity contribution in [3.05, 3.63) is 35.9 Å². The lowest BCUT2D eigenvalue weighted by atomic mass is 9.95. The molecule has 4 unspecified atom stereocenters. The van der Waals surface area contributed by atoms with Crippen LogP contribution >= 0.6 is 0 Å². The van der Waals surface area contributed by atoms with Gasteiger partial charge in [-0.05, 0) is 52.0 Å². The lowest BCUT2D eigenvalue weighted by molar-refractivity contribution is -0.143. The SMILES string of the molecule is CCCCCCCCN(C(=O)C(NC(=O)OC(C)(C)C)C(C)CC)C(C(=O)NC(C)CCC)c1ccccc1. The zero-order valence-electron chi connectivity index (χ0n) is 25.8. The highest BCUT2D eigenvalue weighted by molar-refractivity contribution is 5.92. The van der Waals surface area contributed by atoms with Crippen molar-refractivity contribution < 1.29 is 19.1 Å². The molecule has 0 saturated carbocycles. The van der Waals surface area contributed by atoms with Crippen LogP contribution in [0, 0.1) is 5.92 Å². The molecule has 0 fully saturated rings. The van der Waals surface area contributed by atoms with E-state index in [1.165, 1.54) is 12.8 Å². The van der Waals surface area contributed by atoms with E-state index in [9.17, 15) is 14.4 Å². The van der Waals surface area contributed by atoms with Crippen molar-refractivity contribution >= 4 is 17.9 Å². The van der Waals surface area contributed by atoms with Crippen LogP contribution in [0.15, 0.2) is 30.3 Å². The minimum Gasteiger partial charge on any atom is -0.444 e. The van der Waals surface area contributed by atoms with Crippen LogP contribution in [0.3, 0.4) is 0 Å². The monoisotopic (exact) mass is 545 g/mol. The molecule has 0 aliphatic carbocycles.